The number of nitrogens with zero attached hydrogens (tertiary/aromatic N) is 4. The molecule has 2 N–H and O–H groups in total. The Morgan fingerprint density at radius 2 is 1.89 bits per heavy atom. The molecule has 1 amide bonds. The molecule has 0 fully saturated rings. The summed E-state index contributed by atoms with van der Waals surface area (Å²) in [5.74, 6) is -0.810. The first-order valence-corrected chi connectivity index (χ1v) is 8.24. The number of amides is 1. The molecule has 2 aromatic carbocycles. The number of halogens is 1. The van der Waals surface area contributed by atoms with Crippen LogP contribution in [0.1, 0.15) is 10.5 Å². The maximum Gasteiger partial charge on any atom is 0.276 e. The molecular weight excluding hydrogens is 363 g/mol. The summed E-state index contributed by atoms with van der Waals surface area (Å²) in [6.07, 6.45) is 1.26. The van der Waals surface area contributed by atoms with Crippen LogP contribution in [0.15, 0.2) is 71.8 Å². The van der Waals surface area contributed by atoms with Crippen LogP contribution in [0, 0.1) is 5.82 Å². The molecule has 0 unspecified atom stereocenters. The first kappa shape index (κ1) is 17.3. The van der Waals surface area contributed by atoms with Gasteiger partial charge >= 0.3 is 0 Å². The summed E-state index contributed by atoms with van der Waals surface area (Å²) in [7, 11) is 0. The summed E-state index contributed by atoms with van der Waals surface area (Å²) in [6, 6.07) is 15.4. The molecule has 28 heavy (non-hydrogen) atoms. The van der Waals surface area contributed by atoms with Crippen LogP contribution in [0.4, 0.5) is 10.1 Å². The lowest BCUT2D eigenvalue weighted by Gasteiger charge is -2.09. The summed E-state index contributed by atoms with van der Waals surface area (Å²) in [5, 5.41) is 13.0. The predicted octanol–water partition coefficient (Wildman–Crippen LogP) is 2.41. The fraction of sp³-hybridized carbons (Fsp3) is 0. The zero-order valence-corrected chi connectivity index (χ0v) is 14.3. The van der Waals surface area contributed by atoms with Crippen molar-refractivity contribution in [2.45, 2.75) is 0 Å². The quantitative estimate of drug-likeness (QED) is 0.569. The van der Waals surface area contributed by atoms with Crippen molar-refractivity contribution in [2.24, 2.45) is 0 Å². The van der Waals surface area contributed by atoms with Gasteiger partial charge in [-0.05, 0) is 36.4 Å². The number of hydrogen-bond acceptors (Lipinski definition) is 5. The van der Waals surface area contributed by atoms with Gasteiger partial charge < -0.3 is 5.32 Å². The molecule has 0 aliphatic heterocycles. The Bertz CT molecular complexity index is 1190. The summed E-state index contributed by atoms with van der Waals surface area (Å²) < 4.78 is 15.2. The van der Waals surface area contributed by atoms with E-state index in [9.17, 15) is 14.0 Å². The lowest BCUT2D eigenvalue weighted by atomic mass is 10.1. The molecule has 0 aliphatic rings. The maximum atomic E-state index is 14.0. The van der Waals surface area contributed by atoms with Crippen LogP contribution in [0.25, 0.3) is 17.1 Å². The molecule has 9 heteroatoms. The second-order valence-corrected chi connectivity index (χ2v) is 5.79. The van der Waals surface area contributed by atoms with Gasteiger partial charge in [0.1, 0.15) is 17.8 Å². The molecule has 0 atom stereocenters. The van der Waals surface area contributed by atoms with Crippen molar-refractivity contribution in [1.29, 1.82) is 0 Å². The largest absolute Gasteiger partial charge is 0.321 e. The van der Waals surface area contributed by atoms with Crippen molar-refractivity contribution < 1.29 is 9.18 Å². The van der Waals surface area contributed by atoms with Crippen LogP contribution in [-0.4, -0.2) is 30.9 Å². The number of benzene rings is 2. The fourth-order valence-corrected chi connectivity index (χ4v) is 2.60. The maximum absolute atomic E-state index is 14.0. The third-order valence-electron chi connectivity index (χ3n) is 3.93. The molecule has 4 rings (SSSR count). The van der Waals surface area contributed by atoms with E-state index in [1.54, 1.807) is 24.3 Å². The van der Waals surface area contributed by atoms with Gasteiger partial charge in [-0.25, -0.2) is 9.37 Å². The van der Waals surface area contributed by atoms with Gasteiger partial charge in [-0.1, -0.05) is 18.2 Å². The summed E-state index contributed by atoms with van der Waals surface area (Å²) in [4.78, 5) is 28.6. The van der Waals surface area contributed by atoms with Crippen LogP contribution in [0.3, 0.4) is 0 Å². The van der Waals surface area contributed by atoms with Gasteiger partial charge in [0.2, 0.25) is 0 Å². The number of rotatable bonds is 4. The van der Waals surface area contributed by atoms with Crippen molar-refractivity contribution in [1.82, 2.24) is 25.0 Å². The van der Waals surface area contributed by atoms with E-state index in [0.717, 1.165) is 4.68 Å². The number of hydrogen-bond donors (Lipinski definition) is 2. The van der Waals surface area contributed by atoms with Gasteiger partial charge in [-0.15, -0.1) is 0 Å². The van der Waals surface area contributed by atoms with Gasteiger partial charge in [-0.2, -0.15) is 14.9 Å². The number of nitrogens with one attached hydrogen (secondary N) is 2. The molecule has 0 radical (unpaired) electrons. The summed E-state index contributed by atoms with van der Waals surface area (Å²) in [5.41, 5.74) is 0.720. The van der Waals surface area contributed by atoms with Crippen molar-refractivity contribution in [3.8, 4) is 17.1 Å². The molecule has 0 aliphatic carbocycles. The van der Waals surface area contributed by atoms with Crippen LogP contribution in [-0.2, 0) is 0 Å². The zero-order valence-electron chi connectivity index (χ0n) is 14.3. The Morgan fingerprint density at radius 3 is 2.64 bits per heavy atom. The van der Waals surface area contributed by atoms with E-state index < -0.39 is 11.7 Å². The van der Waals surface area contributed by atoms with E-state index >= 15 is 0 Å². The van der Waals surface area contributed by atoms with Crippen molar-refractivity contribution >= 4 is 11.6 Å². The second-order valence-electron chi connectivity index (χ2n) is 5.79. The van der Waals surface area contributed by atoms with Crippen LogP contribution in [0.2, 0.25) is 0 Å². The number of H-pyrrole nitrogens is 1. The van der Waals surface area contributed by atoms with Crippen molar-refractivity contribution in [3.63, 3.8) is 0 Å². The van der Waals surface area contributed by atoms with Gasteiger partial charge in [-0.3, -0.25) is 14.7 Å². The molecule has 138 valence electrons. The first-order valence-electron chi connectivity index (χ1n) is 8.24. The lowest BCUT2D eigenvalue weighted by molar-refractivity contribution is 0.102. The van der Waals surface area contributed by atoms with E-state index in [1.807, 2.05) is 6.07 Å². The number of carbonyl (C=O) groups excluding carboxylic acids is 1. The number of aromatic nitrogens is 5. The topological polar surface area (TPSA) is 106 Å². The average molecular weight is 376 g/mol. The summed E-state index contributed by atoms with van der Waals surface area (Å²) in [6.45, 7) is 0. The van der Waals surface area contributed by atoms with Crippen LogP contribution >= 0.6 is 0 Å². The third kappa shape index (κ3) is 3.40. The lowest BCUT2D eigenvalue weighted by Crippen LogP contribution is -2.24. The van der Waals surface area contributed by atoms with E-state index in [4.69, 9.17) is 0 Å². The average Bonchev–Trinajstić information content (AvgIpc) is 3.25. The molecule has 2 heterocycles. The molecule has 0 bridgehead atoms. The Hall–Kier alpha value is -4.14. The molecular formula is C19H13FN6O2. The Kier molecular flexibility index (Phi) is 4.47. The predicted molar refractivity (Wildman–Crippen MR) is 99.6 cm³/mol. The Morgan fingerprint density at radius 1 is 1.07 bits per heavy atom. The highest BCUT2D eigenvalue weighted by Gasteiger charge is 2.14. The highest BCUT2D eigenvalue weighted by atomic mass is 19.1. The minimum absolute atomic E-state index is 0.0361. The Balaban J connectivity index is 1.63. The van der Waals surface area contributed by atoms with E-state index in [0.29, 0.717) is 11.4 Å². The zero-order chi connectivity index (χ0) is 19.5. The first-order chi connectivity index (χ1) is 13.6. The van der Waals surface area contributed by atoms with E-state index in [-0.39, 0.29) is 22.6 Å². The fourth-order valence-electron chi connectivity index (χ4n) is 2.60. The minimum atomic E-state index is -0.542. The molecule has 0 saturated heterocycles. The second kappa shape index (κ2) is 7.23. The van der Waals surface area contributed by atoms with Gasteiger partial charge in [0.25, 0.3) is 11.5 Å². The van der Waals surface area contributed by atoms with Crippen molar-refractivity contribution in [2.75, 3.05) is 5.32 Å². The highest BCUT2D eigenvalue weighted by molar-refractivity contribution is 6.03. The number of aromatic amines is 1. The Labute approximate surface area is 157 Å². The molecule has 2 aromatic heterocycles. The summed E-state index contributed by atoms with van der Waals surface area (Å²) >= 11 is 0. The SMILES string of the molecule is O=C(Nc1ccc(F)c(-c2ncn[nH]2)c1)c1ccc(=O)n(-c2ccccc2)n1. The van der Waals surface area contributed by atoms with Gasteiger partial charge in [0.05, 0.1) is 11.3 Å². The molecule has 0 saturated carbocycles. The van der Waals surface area contributed by atoms with Crippen molar-refractivity contribution in [3.05, 3.63) is 88.9 Å². The normalized spacial score (nSPS) is 10.6. The highest BCUT2D eigenvalue weighted by Crippen LogP contribution is 2.23. The molecule has 8 nitrogen and oxygen atoms in total. The minimum Gasteiger partial charge on any atom is -0.321 e. The van der Waals surface area contributed by atoms with Crippen LogP contribution in [0.5, 0.6) is 0 Å². The molecule has 4 aromatic rings. The molecule has 0 spiro atoms. The van der Waals surface area contributed by atoms with Gasteiger partial charge in [0, 0.05) is 11.8 Å². The van der Waals surface area contributed by atoms with E-state index in [2.05, 4.69) is 25.6 Å². The standard InChI is InChI=1S/C19H13FN6O2/c20-15-7-6-12(10-14(15)18-21-11-22-24-18)23-19(28)16-8-9-17(27)26(25-16)13-4-2-1-3-5-13/h1-11H,(H,23,28)(H,21,22,24). The monoisotopic (exact) mass is 376 g/mol. The third-order valence-corrected chi connectivity index (χ3v) is 3.93. The van der Waals surface area contributed by atoms with E-state index in [1.165, 1.54) is 36.7 Å². The van der Waals surface area contributed by atoms with Crippen LogP contribution < -0.4 is 10.9 Å². The van der Waals surface area contributed by atoms with Gasteiger partial charge in [0.15, 0.2) is 5.82 Å². The number of anilines is 1. The smallest absolute Gasteiger partial charge is 0.276 e. The number of carbonyl (C=O) groups is 1. The number of para-hydroxylation sites is 1.